The van der Waals surface area contributed by atoms with Crippen LogP contribution in [-0.4, -0.2) is 20.6 Å². The van der Waals surface area contributed by atoms with E-state index in [9.17, 15) is 13.2 Å². The van der Waals surface area contributed by atoms with Crippen LogP contribution in [0.2, 0.25) is 0 Å². The van der Waals surface area contributed by atoms with E-state index in [0.29, 0.717) is 5.56 Å². The fourth-order valence-corrected chi connectivity index (χ4v) is 3.20. The van der Waals surface area contributed by atoms with Crippen LogP contribution in [0.1, 0.15) is 10.4 Å². The van der Waals surface area contributed by atoms with E-state index < -0.39 is 9.84 Å². The molecule has 1 aromatic heterocycles. The highest BCUT2D eigenvalue weighted by molar-refractivity contribution is 7.90. The van der Waals surface area contributed by atoms with Gasteiger partial charge in [0.2, 0.25) is 0 Å². The summed E-state index contributed by atoms with van der Waals surface area (Å²) in [7, 11) is -3.43. The van der Waals surface area contributed by atoms with Crippen molar-refractivity contribution in [2.45, 2.75) is 4.90 Å². The fraction of sp³-hybridized carbons (Fsp3) is 0.0556. The summed E-state index contributed by atoms with van der Waals surface area (Å²) < 4.78 is 28.7. The van der Waals surface area contributed by atoms with Gasteiger partial charge in [-0.25, -0.2) is 8.42 Å². The molecule has 1 heterocycles. The first-order chi connectivity index (χ1) is 11.4. The van der Waals surface area contributed by atoms with Crippen LogP contribution in [0.5, 0.6) is 0 Å². The van der Waals surface area contributed by atoms with Gasteiger partial charge in [-0.2, -0.15) is 0 Å². The molecule has 1 N–H and O–H groups in total. The topological polar surface area (TPSA) is 76.4 Å². The second-order valence-corrected chi connectivity index (χ2v) is 7.30. The minimum Gasteiger partial charge on any atom is -0.472 e. The number of furan rings is 1. The molecule has 1 amide bonds. The van der Waals surface area contributed by atoms with Crippen molar-refractivity contribution in [3.63, 3.8) is 0 Å². The van der Waals surface area contributed by atoms with Gasteiger partial charge in [-0.15, -0.1) is 0 Å². The molecule has 0 radical (unpaired) electrons. The van der Waals surface area contributed by atoms with Crippen LogP contribution in [0.15, 0.2) is 76.4 Å². The molecule has 0 saturated heterocycles. The number of anilines is 1. The summed E-state index contributed by atoms with van der Waals surface area (Å²) in [6.45, 7) is 0. The molecule has 0 fully saturated rings. The summed E-state index contributed by atoms with van der Waals surface area (Å²) in [5.41, 5.74) is 2.39. The van der Waals surface area contributed by atoms with Gasteiger partial charge in [0.1, 0.15) is 0 Å². The molecule has 3 rings (SSSR count). The van der Waals surface area contributed by atoms with Crippen LogP contribution >= 0.6 is 0 Å². The monoisotopic (exact) mass is 341 g/mol. The second kappa shape index (κ2) is 6.33. The summed E-state index contributed by atoms with van der Waals surface area (Å²) in [5, 5.41) is 2.66. The number of carbonyl (C=O) groups excluding carboxylic acids is 1. The third-order valence-corrected chi connectivity index (χ3v) is 4.67. The van der Waals surface area contributed by atoms with Crippen molar-refractivity contribution >= 4 is 21.4 Å². The SMILES string of the molecule is CS(=O)(=O)c1ccccc1NC(=O)c1cccc(-c2ccoc2)c1. The minimum absolute atomic E-state index is 0.0874. The maximum Gasteiger partial charge on any atom is 0.255 e. The lowest BCUT2D eigenvalue weighted by Gasteiger charge is -2.10. The molecule has 0 bridgehead atoms. The molecule has 0 unspecified atom stereocenters. The van der Waals surface area contributed by atoms with E-state index in [0.717, 1.165) is 17.4 Å². The largest absolute Gasteiger partial charge is 0.472 e. The number of rotatable bonds is 4. The Balaban J connectivity index is 1.91. The Kier molecular flexibility index (Phi) is 4.22. The summed E-state index contributed by atoms with van der Waals surface area (Å²) in [6.07, 6.45) is 4.26. The number of carbonyl (C=O) groups is 1. The number of amides is 1. The summed E-state index contributed by atoms with van der Waals surface area (Å²) >= 11 is 0. The number of benzene rings is 2. The zero-order valence-electron chi connectivity index (χ0n) is 12.9. The number of hydrogen-bond donors (Lipinski definition) is 1. The van der Waals surface area contributed by atoms with Crippen LogP contribution in [0.4, 0.5) is 5.69 Å². The van der Waals surface area contributed by atoms with Gasteiger partial charge >= 0.3 is 0 Å². The predicted octanol–water partition coefficient (Wildman–Crippen LogP) is 3.60. The molecule has 3 aromatic rings. The molecule has 0 aliphatic rings. The highest BCUT2D eigenvalue weighted by atomic mass is 32.2. The first-order valence-corrected chi connectivity index (χ1v) is 9.07. The van der Waals surface area contributed by atoms with Crippen molar-refractivity contribution in [2.24, 2.45) is 0 Å². The first-order valence-electron chi connectivity index (χ1n) is 7.18. The summed E-state index contributed by atoms with van der Waals surface area (Å²) in [6, 6.07) is 15.1. The Morgan fingerprint density at radius 2 is 1.79 bits per heavy atom. The van der Waals surface area contributed by atoms with E-state index in [1.54, 1.807) is 55.0 Å². The van der Waals surface area contributed by atoms with Crippen LogP contribution in [0, 0.1) is 0 Å². The van der Waals surface area contributed by atoms with Crippen molar-refractivity contribution in [1.29, 1.82) is 0 Å². The van der Waals surface area contributed by atoms with Gasteiger partial charge < -0.3 is 9.73 Å². The molecule has 0 saturated carbocycles. The fourth-order valence-electron chi connectivity index (χ4n) is 2.36. The predicted molar refractivity (Wildman–Crippen MR) is 91.6 cm³/mol. The summed E-state index contributed by atoms with van der Waals surface area (Å²) in [4.78, 5) is 12.6. The molecular formula is C18H15NO4S. The van der Waals surface area contributed by atoms with Crippen molar-refractivity contribution in [2.75, 3.05) is 11.6 Å². The van der Waals surface area contributed by atoms with Crippen LogP contribution in [0.25, 0.3) is 11.1 Å². The highest BCUT2D eigenvalue weighted by Gasteiger charge is 2.15. The van der Waals surface area contributed by atoms with E-state index in [4.69, 9.17) is 4.42 Å². The Morgan fingerprint density at radius 1 is 1.00 bits per heavy atom. The zero-order valence-corrected chi connectivity index (χ0v) is 13.7. The van der Waals surface area contributed by atoms with E-state index >= 15 is 0 Å². The van der Waals surface area contributed by atoms with E-state index in [1.807, 2.05) is 6.07 Å². The van der Waals surface area contributed by atoms with Crippen molar-refractivity contribution in [1.82, 2.24) is 0 Å². The Hall–Kier alpha value is -2.86. The maximum absolute atomic E-state index is 12.5. The molecular weight excluding hydrogens is 326 g/mol. The molecule has 122 valence electrons. The van der Waals surface area contributed by atoms with Crippen molar-refractivity contribution < 1.29 is 17.6 Å². The van der Waals surface area contributed by atoms with Crippen LogP contribution in [0.3, 0.4) is 0 Å². The van der Waals surface area contributed by atoms with Crippen LogP contribution < -0.4 is 5.32 Å². The third-order valence-electron chi connectivity index (χ3n) is 3.51. The summed E-state index contributed by atoms with van der Waals surface area (Å²) in [5.74, 6) is -0.378. The lowest BCUT2D eigenvalue weighted by atomic mass is 10.1. The van der Waals surface area contributed by atoms with Gasteiger partial charge in [0.15, 0.2) is 9.84 Å². The highest BCUT2D eigenvalue weighted by Crippen LogP contribution is 2.23. The van der Waals surface area contributed by atoms with E-state index in [1.165, 1.54) is 6.07 Å². The number of sulfone groups is 1. The van der Waals surface area contributed by atoms with Gasteiger partial charge in [0.05, 0.1) is 23.1 Å². The van der Waals surface area contributed by atoms with Crippen molar-refractivity contribution in [3.05, 3.63) is 72.7 Å². The minimum atomic E-state index is -3.43. The molecule has 0 atom stereocenters. The molecule has 2 aromatic carbocycles. The molecule has 5 nitrogen and oxygen atoms in total. The van der Waals surface area contributed by atoms with Gasteiger partial charge in [-0.3, -0.25) is 4.79 Å². The van der Waals surface area contributed by atoms with Gasteiger partial charge in [0.25, 0.3) is 5.91 Å². The number of nitrogens with one attached hydrogen (secondary N) is 1. The van der Waals surface area contributed by atoms with Crippen molar-refractivity contribution in [3.8, 4) is 11.1 Å². The Bertz CT molecular complexity index is 976. The van der Waals surface area contributed by atoms with Gasteiger partial charge in [0, 0.05) is 17.4 Å². The average Bonchev–Trinajstić information content (AvgIpc) is 3.09. The standard InChI is InChI=1S/C18H15NO4S/c1-24(21,22)17-8-3-2-7-16(17)19-18(20)14-6-4-5-13(11-14)15-9-10-23-12-15/h2-12H,1H3,(H,19,20). The lowest BCUT2D eigenvalue weighted by Crippen LogP contribution is -2.14. The second-order valence-electron chi connectivity index (χ2n) is 5.32. The first kappa shape index (κ1) is 16.0. The quantitative estimate of drug-likeness (QED) is 0.786. The number of para-hydroxylation sites is 1. The normalized spacial score (nSPS) is 11.2. The van der Waals surface area contributed by atoms with E-state index in [-0.39, 0.29) is 16.5 Å². The van der Waals surface area contributed by atoms with Gasteiger partial charge in [-0.05, 0) is 35.9 Å². The Morgan fingerprint density at radius 3 is 2.50 bits per heavy atom. The molecule has 0 spiro atoms. The van der Waals surface area contributed by atoms with E-state index in [2.05, 4.69) is 5.32 Å². The Labute approximate surface area is 139 Å². The lowest BCUT2D eigenvalue weighted by molar-refractivity contribution is 0.102. The molecule has 0 aliphatic carbocycles. The number of hydrogen-bond acceptors (Lipinski definition) is 4. The third kappa shape index (κ3) is 3.38. The molecule has 24 heavy (non-hydrogen) atoms. The maximum atomic E-state index is 12.5. The van der Waals surface area contributed by atoms with Crippen LogP contribution in [-0.2, 0) is 9.84 Å². The van der Waals surface area contributed by atoms with Gasteiger partial charge in [-0.1, -0.05) is 24.3 Å². The molecule has 0 aliphatic heterocycles. The zero-order chi connectivity index (χ0) is 17.2. The smallest absolute Gasteiger partial charge is 0.255 e. The average molecular weight is 341 g/mol. The molecule has 6 heteroatoms.